The second kappa shape index (κ2) is 9.34. The number of para-hydroxylation sites is 1. The molecule has 0 unspecified atom stereocenters. The Morgan fingerprint density at radius 1 is 1.14 bits per heavy atom. The Morgan fingerprint density at radius 3 is 2.59 bits per heavy atom. The first kappa shape index (κ1) is 21.2. The molecule has 0 aliphatic heterocycles. The lowest BCUT2D eigenvalue weighted by Gasteiger charge is -2.09. The molecule has 0 spiro atoms. The SMILES string of the molecule is CCCOc1ccccc1C(=O)Nc1nnc(S(=O)(=O)Cc2ccc(Cl)cc2)s1. The Balaban J connectivity index is 1.73. The summed E-state index contributed by atoms with van der Waals surface area (Å²) < 4.78 is 30.6. The molecule has 1 heterocycles. The predicted octanol–water partition coefficient (Wildman–Crippen LogP) is 4.21. The number of carbonyl (C=O) groups excluding carboxylic acids is 1. The van der Waals surface area contributed by atoms with Crippen molar-refractivity contribution in [3.63, 3.8) is 0 Å². The minimum atomic E-state index is -3.70. The van der Waals surface area contributed by atoms with Crippen LogP contribution in [-0.4, -0.2) is 31.1 Å². The van der Waals surface area contributed by atoms with Gasteiger partial charge in [-0.2, -0.15) is 0 Å². The average molecular weight is 452 g/mol. The van der Waals surface area contributed by atoms with Gasteiger partial charge in [-0.25, -0.2) is 8.42 Å². The Bertz CT molecular complexity index is 1100. The zero-order valence-electron chi connectivity index (χ0n) is 15.5. The first-order chi connectivity index (χ1) is 13.9. The molecule has 0 bridgehead atoms. The molecule has 0 atom stereocenters. The van der Waals surface area contributed by atoms with Gasteiger partial charge in [0, 0.05) is 5.02 Å². The molecule has 7 nitrogen and oxygen atoms in total. The van der Waals surface area contributed by atoms with Crippen LogP contribution in [0.3, 0.4) is 0 Å². The number of amides is 1. The van der Waals surface area contributed by atoms with Gasteiger partial charge >= 0.3 is 0 Å². The summed E-state index contributed by atoms with van der Waals surface area (Å²) in [5.41, 5.74) is 0.916. The molecule has 0 aliphatic rings. The number of rotatable bonds is 8. The number of aromatic nitrogens is 2. The van der Waals surface area contributed by atoms with Crippen molar-refractivity contribution >= 4 is 43.8 Å². The molecule has 0 saturated heterocycles. The number of hydrogen-bond donors (Lipinski definition) is 1. The largest absolute Gasteiger partial charge is 0.493 e. The third-order valence-corrected chi connectivity index (χ3v) is 6.98. The smallest absolute Gasteiger partial charge is 0.261 e. The summed E-state index contributed by atoms with van der Waals surface area (Å²) in [7, 11) is -3.70. The maximum Gasteiger partial charge on any atom is 0.261 e. The van der Waals surface area contributed by atoms with Crippen molar-refractivity contribution in [3.8, 4) is 5.75 Å². The summed E-state index contributed by atoms with van der Waals surface area (Å²) in [5.74, 6) is -0.234. The van der Waals surface area contributed by atoms with Gasteiger partial charge in [-0.15, -0.1) is 10.2 Å². The van der Waals surface area contributed by atoms with Crippen molar-refractivity contribution < 1.29 is 17.9 Å². The Morgan fingerprint density at radius 2 is 1.86 bits per heavy atom. The molecule has 2 aromatic carbocycles. The molecule has 1 amide bonds. The molecular formula is C19H18ClN3O4S2. The van der Waals surface area contributed by atoms with Crippen molar-refractivity contribution in [1.29, 1.82) is 0 Å². The number of nitrogens with zero attached hydrogens (tertiary/aromatic N) is 2. The van der Waals surface area contributed by atoms with E-state index in [-0.39, 0.29) is 15.2 Å². The van der Waals surface area contributed by atoms with Gasteiger partial charge in [-0.1, -0.05) is 54.1 Å². The fraction of sp³-hybridized carbons (Fsp3) is 0.211. The molecule has 0 radical (unpaired) electrons. The third kappa shape index (κ3) is 5.53. The van der Waals surface area contributed by atoms with Gasteiger partial charge in [0.2, 0.25) is 19.3 Å². The monoisotopic (exact) mass is 451 g/mol. The standard InChI is InChI=1S/C19H18ClN3O4S2/c1-2-11-27-16-6-4-3-5-15(16)17(24)21-18-22-23-19(28-18)29(25,26)12-13-7-9-14(20)10-8-13/h3-10H,2,11-12H2,1H3,(H,21,22,24). The third-order valence-electron chi connectivity index (χ3n) is 3.76. The van der Waals surface area contributed by atoms with Crippen LogP contribution in [0.4, 0.5) is 5.13 Å². The number of halogens is 1. The van der Waals surface area contributed by atoms with Crippen LogP contribution in [0.1, 0.15) is 29.3 Å². The summed E-state index contributed by atoms with van der Waals surface area (Å²) >= 11 is 6.62. The minimum Gasteiger partial charge on any atom is -0.493 e. The molecule has 3 rings (SSSR count). The van der Waals surface area contributed by atoms with Gasteiger partial charge < -0.3 is 4.74 Å². The van der Waals surface area contributed by atoms with E-state index in [4.69, 9.17) is 16.3 Å². The van der Waals surface area contributed by atoms with Gasteiger partial charge in [0.15, 0.2) is 0 Å². The van der Waals surface area contributed by atoms with Crippen LogP contribution in [-0.2, 0) is 15.6 Å². The van der Waals surface area contributed by atoms with Crippen molar-refractivity contribution in [3.05, 3.63) is 64.7 Å². The van der Waals surface area contributed by atoms with E-state index in [1.165, 1.54) is 0 Å². The number of benzene rings is 2. The lowest BCUT2D eigenvalue weighted by molar-refractivity contribution is 0.102. The molecule has 1 N–H and O–H groups in total. The van der Waals surface area contributed by atoms with E-state index in [1.54, 1.807) is 48.5 Å². The van der Waals surface area contributed by atoms with Crippen LogP contribution in [0.5, 0.6) is 5.75 Å². The van der Waals surface area contributed by atoms with E-state index in [1.807, 2.05) is 6.92 Å². The van der Waals surface area contributed by atoms with E-state index in [0.717, 1.165) is 17.8 Å². The molecule has 3 aromatic rings. The molecule has 0 saturated carbocycles. The van der Waals surface area contributed by atoms with Crippen LogP contribution in [0.25, 0.3) is 0 Å². The number of sulfone groups is 1. The van der Waals surface area contributed by atoms with Crippen LogP contribution in [0, 0.1) is 0 Å². The number of anilines is 1. The first-order valence-corrected chi connectivity index (χ1v) is 11.6. The van der Waals surface area contributed by atoms with E-state index in [2.05, 4.69) is 15.5 Å². The number of ether oxygens (including phenoxy) is 1. The summed E-state index contributed by atoms with van der Waals surface area (Å²) in [6, 6.07) is 13.3. The lowest BCUT2D eigenvalue weighted by atomic mass is 10.2. The highest BCUT2D eigenvalue weighted by Gasteiger charge is 2.22. The molecule has 0 fully saturated rings. The first-order valence-electron chi connectivity index (χ1n) is 8.73. The van der Waals surface area contributed by atoms with Crippen LogP contribution < -0.4 is 10.1 Å². The normalized spacial score (nSPS) is 11.2. The van der Waals surface area contributed by atoms with E-state index >= 15 is 0 Å². The molecule has 10 heteroatoms. The highest BCUT2D eigenvalue weighted by atomic mass is 35.5. The fourth-order valence-electron chi connectivity index (χ4n) is 2.40. The molecule has 0 aliphatic carbocycles. The van der Waals surface area contributed by atoms with Crippen molar-refractivity contribution in [2.24, 2.45) is 0 Å². The van der Waals surface area contributed by atoms with Crippen molar-refractivity contribution in [2.45, 2.75) is 23.4 Å². The highest BCUT2D eigenvalue weighted by molar-refractivity contribution is 7.92. The van der Waals surface area contributed by atoms with Crippen LogP contribution in [0.15, 0.2) is 52.9 Å². The van der Waals surface area contributed by atoms with Gasteiger partial charge in [-0.05, 0) is 36.2 Å². The predicted molar refractivity (Wildman–Crippen MR) is 112 cm³/mol. The van der Waals surface area contributed by atoms with Crippen LogP contribution in [0.2, 0.25) is 5.02 Å². The summed E-state index contributed by atoms with van der Waals surface area (Å²) in [6.07, 6.45) is 0.807. The van der Waals surface area contributed by atoms with E-state index < -0.39 is 15.7 Å². The maximum atomic E-state index is 12.6. The highest BCUT2D eigenvalue weighted by Crippen LogP contribution is 2.26. The number of hydrogen-bond acceptors (Lipinski definition) is 7. The minimum absolute atomic E-state index is 0.0926. The van der Waals surface area contributed by atoms with Crippen LogP contribution >= 0.6 is 22.9 Å². The average Bonchev–Trinajstić information content (AvgIpc) is 3.18. The molecule has 29 heavy (non-hydrogen) atoms. The van der Waals surface area contributed by atoms with E-state index in [9.17, 15) is 13.2 Å². The Hall–Kier alpha value is -2.49. The number of carbonyl (C=O) groups is 1. The fourth-order valence-corrected chi connectivity index (χ4v) is 4.84. The quantitative estimate of drug-likeness (QED) is 0.515. The van der Waals surface area contributed by atoms with Crippen molar-refractivity contribution in [1.82, 2.24) is 10.2 Å². The van der Waals surface area contributed by atoms with Gasteiger partial charge in [0.05, 0.1) is 17.9 Å². The van der Waals surface area contributed by atoms with Gasteiger partial charge in [0.1, 0.15) is 5.75 Å². The molecule has 152 valence electrons. The maximum absolute atomic E-state index is 12.6. The molecular weight excluding hydrogens is 434 g/mol. The van der Waals surface area contributed by atoms with E-state index in [0.29, 0.717) is 28.5 Å². The lowest BCUT2D eigenvalue weighted by Crippen LogP contribution is -2.13. The zero-order chi connectivity index (χ0) is 20.9. The topological polar surface area (TPSA) is 98.2 Å². The van der Waals surface area contributed by atoms with Gasteiger partial charge in [0.25, 0.3) is 5.91 Å². The second-order valence-corrected chi connectivity index (χ2v) is 9.63. The summed E-state index contributed by atoms with van der Waals surface area (Å²) in [5, 5.41) is 10.7. The molecule has 1 aromatic heterocycles. The Kier molecular flexibility index (Phi) is 6.83. The van der Waals surface area contributed by atoms with Gasteiger partial charge in [-0.3, -0.25) is 10.1 Å². The summed E-state index contributed by atoms with van der Waals surface area (Å²) in [6.45, 7) is 2.45. The second-order valence-electron chi connectivity index (χ2n) is 6.06. The zero-order valence-corrected chi connectivity index (χ0v) is 17.9. The number of nitrogens with one attached hydrogen (secondary N) is 1. The Labute approximate surface area is 177 Å². The van der Waals surface area contributed by atoms with Crippen molar-refractivity contribution in [2.75, 3.05) is 11.9 Å². The summed E-state index contributed by atoms with van der Waals surface area (Å²) in [4.78, 5) is 12.6.